The molecule has 116 valence electrons. The monoisotopic (exact) mass is 305 g/mol. The van der Waals surface area contributed by atoms with Gasteiger partial charge in [0.05, 0.1) is 12.8 Å². The van der Waals surface area contributed by atoms with Gasteiger partial charge in [-0.25, -0.2) is 0 Å². The van der Waals surface area contributed by atoms with Gasteiger partial charge in [-0.3, -0.25) is 0 Å². The number of hydrogen-bond donors (Lipinski definition) is 2. The van der Waals surface area contributed by atoms with E-state index >= 15 is 0 Å². The molecule has 3 aromatic heterocycles. The summed E-state index contributed by atoms with van der Waals surface area (Å²) in [6.45, 7) is 0.363. The largest absolute Gasteiger partial charge is 0.461 e. The third-order valence-electron chi connectivity index (χ3n) is 2.93. The minimum Gasteiger partial charge on any atom is -0.461 e. The van der Waals surface area contributed by atoms with Gasteiger partial charge in [-0.1, -0.05) is 0 Å². The number of ether oxygens (including phenoxy) is 2. The van der Waals surface area contributed by atoms with Crippen LogP contribution in [0.2, 0.25) is 0 Å². The molecule has 0 saturated carbocycles. The number of aromatic nitrogens is 5. The summed E-state index contributed by atoms with van der Waals surface area (Å²) in [5.74, 6) is 1.69. The van der Waals surface area contributed by atoms with Crippen LogP contribution in [0.3, 0.4) is 0 Å². The minimum atomic E-state index is -0.419. The predicted molar refractivity (Wildman–Crippen MR) is 77.0 cm³/mol. The van der Waals surface area contributed by atoms with Gasteiger partial charge >= 0.3 is 0 Å². The molecule has 0 amide bonds. The average molecular weight is 305 g/mol. The third-order valence-corrected chi connectivity index (χ3v) is 2.93. The molecule has 0 spiro atoms. The number of nitrogen functional groups attached to an aromatic ring is 1. The minimum absolute atomic E-state index is 0.157. The lowest BCUT2D eigenvalue weighted by Crippen LogP contribution is -2.24. The van der Waals surface area contributed by atoms with Gasteiger partial charge < -0.3 is 24.9 Å². The van der Waals surface area contributed by atoms with Gasteiger partial charge in [0.15, 0.2) is 12.1 Å². The maximum Gasteiger partial charge on any atom is 0.259 e. The van der Waals surface area contributed by atoms with Crippen LogP contribution in [0, 0.1) is 0 Å². The molecular formula is C12H15N7O3. The van der Waals surface area contributed by atoms with E-state index in [2.05, 4.69) is 25.4 Å². The van der Waals surface area contributed by atoms with Gasteiger partial charge in [-0.15, -0.1) is 5.10 Å². The number of furan rings is 1. The normalized spacial score (nSPS) is 11.4. The third kappa shape index (κ3) is 2.69. The van der Waals surface area contributed by atoms with E-state index in [9.17, 15) is 0 Å². The number of methoxy groups -OCH3 is 2. The highest BCUT2D eigenvalue weighted by molar-refractivity contribution is 5.52. The molecule has 10 nitrogen and oxygen atoms in total. The fraction of sp³-hybridized carbons (Fsp3) is 0.333. The first-order valence-electron chi connectivity index (χ1n) is 6.45. The second-order valence-electron chi connectivity index (χ2n) is 4.31. The van der Waals surface area contributed by atoms with Crippen molar-refractivity contribution in [2.45, 2.75) is 6.29 Å². The predicted octanol–water partition coefficient (Wildman–Crippen LogP) is 0.392. The molecule has 0 aromatic carbocycles. The Hall–Kier alpha value is -2.72. The Bertz CT molecular complexity index is 752. The molecular weight excluding hydrogens is 290 g/mol. The highest BCUT2D eigenvalue weighted by Gasteiger charge is 2.14. The first kappa shape index (κ1) is 14.2. The van der Waals surface area contributed by atoms with E-state index in [4.69, 9.17) is 19.6 Å². The van der Waals surface area contributed by atoms with Crippen molar-refractivity contribution in [1.82, 2.24) is 24.6 Å². The van der Waals surface area contributed by atoms with Crippen LogP contribution in [0.25, 0.3) is 17.4 Å². The highest BCUT2D eigenvalue weighted by atomic mass is 16.7. The van der Waals surface area contributed by atoms with Gasteiger partial charge in [-0.2, -0.15) is 19.5 Å². The summed E-state index contributed by atoms with van der Waals surface area (Å²) in [6.07, 6.45) is 1.12. The van der Waals surface area contributed by atoms with Crippen molar-refractivity contribution < 1.29 is 13.9 Å². The first-order chi connectivity index (χ1) is 10.7. The molecule has 3 rings (SSSR count). The number of rotatable bonds is 6. The molecule has 0 unspecified atom stereocenters. The molecule has 0 atom stereocenters. The second-order valence-corrected chi connectivity index (χ2v) is 4.31. The SMILES string of the molecule is COC(CNc1nc(N)n2nc(-c3ccco3)nc2n1)OC. The molecule has 10 heteroatoms. The first-order valence-corrected chi connectivity index (χ1v) is 6.45. The van der Waals surface area contributed by atoms with Crippen molar-refractivity contribution in [3.8, 4) is 11.6 Å². The van der Waals surface area contributed by atoms with E-state index in [0.29, 0.717) is 29.9 Å². The summed E-state index contributed by atoms with van der Waals surface area (Å²) in [5.41, 5.74) is 5.87. The van der Waals surface area contributed by atoms with Gasteiger partial charge in [0.1, 0.15) is 0 Å². The molecule has 0 fully saturated rings. The van der Waals surface area contributed by atoms with Crippen LogP contribution in [0.5, 0.6) is 0 Å². The molecule has 0 radical (unpaired) electrons. The molecule has 0 bridgehead atoms. The van der Waals surface area contributed by atoms with E-state index in [-0.39, 0.29) is 5.95 Å². The average Bonchev–Trinajstić information content (AvgIpc) is 3.17. The molecule has 0 aliphatic rings. The molecule has 22 heavy (non-hydrogen) atoms. The molecule has 3 heterocycles. The fourth-order valence-corrected chi connectivity index (χ4v) is 1.83. The smallest absolute Gasteiger partial charge is 0.259 e. The van der Waals surface area contributed by atoms with Crippen LogP contribution in [0.4, 0.5) is 11.9 Å². The Morgan fingerprint density at radius 2 is 2.14 bits per heavy atom. The standard InChI is InChI=1S/C12H15N7O3/c1-20-8(21-2)6-14-11-16-10(13)19-12(17-11)15-9(18-19)7-4-3-5-22-7/h3-5,8H,6H2,1-2H3,(H3,13,14,15,16,17,18). The Morgan fingerprint density at radius 3 is 2.82 bits per heavy atom. The Kier molecular flexibility index (Phi) is 3.85. The number of nitrogens with one attached hydrogen (secondary N) is 1. The van der Waals surface area contributed by atoms with Crippen molar-refractivity contribution in [3.05, 3.63) is 18.4 Å². The Balaban J connectivity index is 1.88. The van der Waals surface area contributed by atoms with E-state index in [0.717, 1.165) is 0 Å². The van der Waals surface area contributed by atoms with Gasteiger partial charge in [0.2, 0.25) is 17.7 Å². The summed E-state index contributed by atoms with van der Waals surface area (Å²) in [7, 11) is 3.09. The number of nitrogens with zero attached hydrogens (tertiary/aromatic N) is 5. The van der Waals surface area contributed by atoms with Crippen molar-refractivity contribution in [3.63, 3.8) is 0 Å². The maximum atomic E-state index is 5.87. The van der Waals surface area contributed by atoms with Crippen molar-refractivity contribution >= 4 is 17.7 Å². The topological polar surface area (TPSA) is 126 Å². The summed E-state index contributed by atoms with van der Waals surface area (Å²) in [4.78, 5) is 12.6. The van der Waals surface area contributed by atoms with Crippen LogP contribution in [-0.4, -0.2) is 51.6 Å². The molecule has 0 aliphatic heterocycles. The van der Waals surface area contributed by atoms with Gasteiger partial charge in [0.25, 0.3) is 5.78 Å². The van der Waals surface area contributed by atoms with Crippen LogP contribution in [0.1, 0.15) is 0 Å². The summed E-state index contributed by atoms with van der Waals surface area (Å²) in [5, 5.41) is 7.17. The molecule has 0 aliphatic carbocycles. The second kappa shape index (κ2) is 5.95. The van der Waals surface area contributed by atoms with E-state index < -0.39 is 6.29 Å². The zero-order valence-corrected chi connectivity index (χ0v) is 12.1. The number of nitrogens with two attached hydrogens (primary N) is 1. The van der Waals surface area contributed by atoms with E-state index in [1.54, 1.807) is 32.6 Å². The molecule has 3 aromatic rings. The van der Waals surface area contributed by atoms with Crippen LogP contribution >= 0.6 is 0 Å². The molecule has 3 N–H and O–H groups in total. The van der Waals surface area contributed by atoms with E-state index in [1.165, 1.54) is 4.52 Å². The van der Waals surface area contributed by atoms with Gasteiger partial charge in [0, 0.05) is 14.2 Å². The number of anilines is 2. The van der Waals surface area contributed by atoms with Crippen LogP contribution in [0.15, 0.2) is 22.8 Å². The summed E-state index contributed by atoms with van der Waals surface area (Å²) >= 11 is 0. The van der Waals surface area contributed by atoms with E-state index in [1.807, 2.05) is 0 Å². The van der Waals surface area contributed by atoms with Crippen molar-refractivity contribution in [2.24, 2.45) is 0 Å². The maximum absolute atomic E-state index is 5.87. The number of fused-ring (bicyclic) bond motifs is 1. The zero-order valence-electron chi connectivity index (χ0n) is 12.1. The zero-order chi connectivity index (χ0) is 15.5. The molecule has 0 saturated heterocycles. The van der Waals surface area contributed by atoms with Crippen molar-refractivity contribution in [1.29, 1.82) is 0 Å². The quantitative estimate of drug-likeness (QED) is 0.622. The van der Waals surface area contributed by atoms with Crippen LogP contribution < -0.4 is 11.1 Å². The lowest BCUT2D eigenvalue weighted by Gasteiger charge is -2.13. The van der Waals surface area contributed by atoms with Gasteiger partial charge in [-0.05, 0) is 12.1 Å². The summed E-state index contributed by atoms with van der Waals surface area (Å²) in [6, 6.07) is 3.50. The van der Waals surface area contributed by atoms with Crippen LogP contribution in [-0.2, 0) is 9.47 Å². The lowest BCUT2D eigenvalue weighted by atomic mass is 10.4. The Labute approximate surface area is 125 Å². The highest BCUT2D eigenvalue weighted by Crippen LogP contribution is 2.17. The fourth-order valence-electron chi connectivity index (χ4n) is 1.83. The number of hydrogen-bond acceptors (Lipinski definition) is 9. The summed E-state index contributed by atoms with van der Waals surface area (Å²) < 4.78 is 16.7. The Morgan fingerprint density at radius 1 is 1.32 bits per heavy atom. The lowest BCUT2D eigenvalue weighted by molar-refractivity contribution is -0.0914. The van der Waals surface area contributed by atoms with Crippen molar-refractivity contribution in [2.75, 3.05) is 31.8 Å².